The normalized spacial score (nSPS) is 21.8. The van der Waals surface area contributed by atoms with Gasteiger partial charge >= 0.3 is 6.03 Å². The van der Waals surface area contributed by atoms with Crippen molar-refractivity contribution < 1.29 is 13.9 Å². The average Bonchev–Trinajstić information content (AvgIpc) is 2.89. The number of urea groups is 1. The van der Waals surface area contributed by atoms with E-state index in [-0.39, 0.29) is 23.1 Å². The molecule has 2 fully saturated rings. The van der Waals surface area contributed by atoms with Crippen molar-refractivity contribution in [3.05, 3.63) is 52.1 Å². The molecule has 188 valence electrons. The van der Waals surface area contributed by atoms with Gasteiger partial charge in [-0.15, -0.1) is 0 Å². The third kappa shape index (κ3) is 5.85. The lowest BCUT2D eigenvalue weighted by Gasteiger charge is -2.35. The summed E-state index contributed by atoms with van der Waals surface area (Å²) in [5, 5.41) is 10.2. The van der Waals surface area contributed by atoms with Crippen LogP contribution in [0.25, 0.3) is 0 Å². The molecule has 2 atom stereocenters. The van der Waals surface area contributed by atoms with Crippen LogP contribution in [-0.2, 0) is 17.7 Å². The zero-order valence-corrected chi connectivity index (χ0v) is 20.5. The molecular weight excluding hydrogens is 471 g/mol. The number of ether oxygens (including phenoxy) is 1. The number of hydrogen-bond donors (Lipinski definition) is 3. The standard InChI is InChI=1S/C25H32ClFN6O2/c26-19-5-4-16(13-20(19)27)23(21-3-1-2-9-28-21)32-25(34)33-10-6-17-14-29-24(31-22(17)15-33)30-18-7-11-35-12-8-18/h4-5,13-14,18,21,23,28H,1-3,6-12,15H2,(H,32,34)(H,29,30,31)/t21-,23-/m1/s1. The van der Waals surface area contributed by atoms with E-state index < -0.39 is 5.82 Å². The van der Waals surface area contributed by atoms with E-state index in [0.29, 0.717) is 37.1 Å². The van der Waals surface area contributed by atoms with Gasteiger partial charge in [0.25, 0.3) is 0 Å². The van der Waals surface area contributed by atoms with Crippen molar-refractivity contribution in [2.75, 3.05) is 31.6 Å². The third-order valence-corrected chi connectivity index (χ3v) is 7.43. The number of halogens is 2. The molecule has 1 aromatic heterocycles. The molecule has 3 N–H and O–H groups in total. The van der Waals surface area contributed by atoms with Gasteiger partial charge in [-0.05, 0) is 61.9 Å². The van der Waals surface area contributed by atoms with Gasteiger partial charge in [-0.2, -0.15) is 0 Å². The molecule has 2 saturated heterocycles. The van der Waals surface area contributed by atoms with Gasteiger partial charge < -0.3 is 25.6 Å². The van der Waals surface area contributed by atoms with Crippen LogP contribution in [0.4, 0.5) is 15.1 Å². The Balaban J connectivity index is 1.29. The summed E-state index contributed by atoms with van der Waals surface area (Å²) in [4.78, 5) is 24.4. The number of nitrogens with one attached hydrogen (secondary N) is 3. The van der Waals surface area contributed by atoms with Gasteiger partial charge in [-0.3, -0.25) is 0 Å². The molecule has 0 aliphatic carbocycles. The number of anilines is 1. The number of nitrogens with zero attached hydrogens (tertiary/aromatic N) is 3. The largest absolute Gasteiger partial charge is 0.381 e. The summed E-state index contributed by atoms with van der Waals surface area (Å²) in [6, 6.07) is 4.56. The Labute approximate surface area is 210 Å². The maximum absolute atomic E-state index is 14.3. The number of aromatic nitrogens is 2. The number of fused-ring (bicyclic) bond motifs is 1. The first kappa shape index (κ1) is 24.2. The molecule has 35 heavy (non-hydrogen) atoms. The van der Waals surface area contributed by atoms with Gasteiger partial charge in [0.1, 0.15) is 5.82 Å². The van der Waals surface area contributed by atoms with Crippen LogP contribution in [0.15, 0.2) is 24.4 Å². The van der Waals surface area contributed by atoms with E-state index in [0.717, 1.165) is 63.1 Å². The van der Waals surface area contributed by atoms with Gasteiger partial charge in [0.05, 0.1) is 23.3 Å². The van der Waals surface area contributed by atoms with Crippen LogP contribution < -0.4 is 16.0 Å². The molecule has 0 saturated carbocycles. The van der Waals surface area contributed by atoms with Gasteiger partial charge in [0, 0.05) is 38.0 Å². The van der Waals surface area contributed by atoms with E-state index in [4.69, 9.17) is 21.3 Å². The van der Waals surface area contributed by atoms with E-state index in [1.807, 2.05) is 6.20 Å². The van der Waals surface area contributed by atoms with Crippen molar-refractivity contribution in [1.29, 1.82) is 0 Å². The summed E-state index contributed by atoms with van der Waals surface area (Å²) >= 11 is 5.91. The Hall–Kier alpha value is -2.49. The molecule has 1 aromatic carbocycles. The second kappa shape index (κ2) is 11.1. The van der Waals surface area contributed by atoms with Crippen molar-refractivity contribution in [3.63, 3.8) is 0 Å². The van der Waals surface area contributed by atoms with Crippen LogP contribution in [0, 0.1) is 5.82 Å². The highest BCUT2D eigenvalue weighted by Crippen LogP contribution is 2.27. The Bertz CT molecular complexity index is 1040. The Morgan fingerprint density at radius 2 is 2.11 bits per heavy atom. The van der Waals surface area contributed by atoms with Crippen LogP contribution in [0.3, 0.4) is 0 Å². The maximum atomic E-state index is 14.3. The lowest BCUT2D eigenvalue weighted by atomic mass is 9.92. The molecule has 2 aromatic rings. The summed E-state index contributed by atoms with van der Waals surface area (Å²) in [6.45, 7) is 3.35. The van der Waals surface area contributed by atoms with E-state index >= 15 is 0 Å². The molecule has 2 amide bonds. The minimum Gasteiger partial charge on any atom is -0.381 e. The topological polar surface area (TPSA) is 91.4 Å². The van der Waals surface area contributed by atoms with Crippen LogP contribution in [0.5, 0.6) is 0 Å². The fourth-order valence-corrected chi connectivity index (χ4v) is 5.20. The van der Waals surface area contributed by atoms with Crippen molar-refractivity contribution in [2.45, 2.75) is 63.2 Å². The van der Waals surface area contributed by atoms with E-state index in [1.165, 1.54) is 6.07 Å². The van der Waals surface area contributed by atoms with E-state index in [1.54, 1.807) is 17.0 Å². The molecule has 0 spiro atoms. The predicted molar refractivity (Wildman–Crippen MR) is 132 cm³/mol. The highest BCUT2D eigenvalue weighted by atomic mass is 35.5. The number of carbonyl (C=O) groups is 1. The highest BCUT2D eigenvalue weighted by molar-refractivity contribution is 6.30. The van der Waals surface area contributed by atoms with Crippen molar-refractivity contribution in [2.24, 2.45) is 0 Å². The van der Waals surface area contributed by atoms with Crippen LogP contribution >= 0.6 is 11.6 Å². The molecule has 0 radical (unpaired) electrons. The SMILES string of the molecule is O=C(N[C@H](c1ccc(Cl)c(F)c1)[C@H]1CCCCN1)N1CCc2cnc(NC3CCOCC3)nc2C1. The van der Waals surface area contributed by atoms with Crippen molar-refractivity contribution in [3.8, 4) is 0 Å². The second-order valence-electron chi connectivity index (χ2n) is 9.53. The minimum atomic E-state index is -0.479. The zero-order valence-electron chi connectivity index (χ0n) is 19.7. The monoisotopic (exact) mass is 502 g/mol. The molecule has 5 rings (SSSR count). The molecular formula is C25H32ClFN6O2. The summed E-state index contributed by atoms with van der Waals surface area (Å²) in [6.07, 6.45) is 7.49. The molecule has 10 heteroatoms. The van der Waals surface area contributed by atoms with E-state index in [9.17, 15) is 9.18 Å². The van der Waals surface area contributed by atoms with Crippen LogP contribution in [0.2, 0.25) is 5.02 Å². The average molecular weight is 503 g/mol. The number of amides is 2. The predicted octanol–water partition coefficient (Wildman–Crippen LogP) is 3.81. The van der Waals surface area contributed by atoms with Gasteiger partial charge in [0.2, 0.25) is 5.95 Å². The highest BCUT2D eigenvalue weighted by Gasteiger charge is 2.30. The zero-order chi connectivity index (χ0) is 24.2. The first-order chi connectivity index (χ1) is 17.1. The molecule has 0 unspecified atom stereocenters. The van der Waals surface area contributed by atoms with Gasteiger partial charge in [-0.25, -0.2) is 19.2 Å². The Kier molecular flexibility index (Phi) is 7.65. The quantitative estimate of drug-likeness (QED) is 0.576. The van der Waals surface area contributed by atoms with Crippen LogP contribution in [0.1, 0.15) is 55.0 Å². The van der Waals surface area contributed by atoms with Crippen molar-refractivity contribution in [1.82, 2.24) is 25.5 Å². The summed E-state index contributed by atoms with van der Waals surface area (Å²) in [5.41, 5.74) is 2.64. The molecule has 3 aliphatic rings. The Morgan fingerprint density at radius 3 is 2.89 bits per heavy atom. The molecule has 0 bridgehead atoms. The number of rotatable bonds is 5. The maximum Gasteiger partial charge on any atom is 0.318 e. The fraction of sp³-hybridized carbons (Fsp3) is 0.560. The summed E-state index contributed by atoms with van der Waals surface area (Å²) in [5.74, 6) is 0.117. The Morgan fingerprint density at radius 1 is 1.26 bits per heavy atom. The minimum absolute atomic E-state index is 0.0305. The lowest BCUT2D eigenvalue weighted by Crippen LogP contribution is -2.50. The van der Waals surface area contributed by atoms with Crippen molar-refractivity contribution >= 4 is 23.6 Å². The first-order valence-electron chi connectivity index (χ1n) is 12.5. The van der Waals surface area contributed by atoms with E-state index in [2.05, 4.69) is 20.9 Å². The number of benzene rings is 1. The smallest absolute Gasteiger partial charge is 0.318 e. The number of hydrogen-bond acceptors (Lipinski definition) is 6. The lowest BCUT2D eigenvalue weighted by molar-refractivity contribution is 0.0903. The first-order valence-corrected chi connectivity index (χ1v) is 12.9. The van der Waals surface area contributed by atoms with Gasteiger partial charge in [-0.1, -0.05) is 24.1 Å². The van der Waals surface area contributed by atoms with Crippen LogP contribution in [-0.4, -0.2) is 59.3 Å². The summed E-state index contributed by atoms with van der Waals surface area (Å²) < 4.78 is 19.7. The molecule has 4 heterocycles. The fourth-order valence-electron chi connectivity index (χ4n) is 5.08. The molecule has 3 aliphatic heterocycles. The second-order valence-corrected chi connectivity index (χ2v) is 9.93. The third-order valence-electron chi connectivity index (χ3n) is 7.12. The summed E-state index contributed by atoms with van der Waals surface area (Å²) in [7, 11) is 0. The number of piperidine rings is 1. The molecule has 8 nitrogen and oxygen atoms in total. The van der Waals surface area contributed by atoms with Gasteiger partial charge in [0.15, 0.2) is 0 Å². The number of carbonyl (C=O) groups excluding carboxylic acids is 1.